The minimum absolute atomic E-state index is 0.205. The van der Waals surface area contributed by atoms with Crippen molar-refractivity contribution in [1.82, 2.24) is 5.32 Å². The van der Waals surface area contributed by atoms with E-state index in [0.29, 0.717) is 6.42 Å². The summed E-state index contributed by atoms with van der Waals surface area (Å²) >= 11 is 0. The number of rotatable bonds is 51. The minimum atomic E-state index is -1.58. The van der Waals surface area contributed by atoms with Gasteiger partial charge in [-0.3, -0.25) is 4.79 Å². The predicted molar refractivity (Wildman–Crippen MR) is 322 cm³/mol. The third-order valence-electron chi connectivity index (χ3n) is 13.8. The highest BCUT2D eigenvalue weighted by Crippen LogP contribution is 2.23. The van der Waals surface area contributed by atoms with Crippen LogP contribution in [0.2, 0.25) is 0 Å². The SMILES string of the molecule is CC/C=C\C/C=C\C/C=C\C/C=C\C/C=C\C/C=C\C/C=C\C/C=C\CCCCCCCCC(=O)NC(COC1OC(CO)C(O)C(O)C1O)C(O)/C=C/CC/C=C/CCCCCCCCCCCCCCCCCC. The van der Waals surface area contributed by atoms with Crippen LogP contribution in [-0.2, 0) is 14.3 Å². The number of allylic oxidation sites excluding steroid dienone is 19. The molecule has 1 aliphatic rings. The number of hydrogen-bond acceptors (Lipinski definition) is 8. The number of hydrogen-bond donors (Lipinski definition) is 6. The van der Waals surface area contributed by atoms with E-state index in [1.165, 1.54) is 103 Å². The topological polar surface area (TPSA) is 149 Å². The van der Waals surface area contributed by atoms with Gasteiger partial charge in [-0.25, -0.2) is 0 Å². The van der Waals surface area contributed by atoms with Crippen LogP contribution in [0.4, 0.5) is 0 Å². The van der Waals surface area contributed by atoms with Gasteiger partial charge in [0.05, 0.1) is 25.4 Å². The van der Waals surface area contributed by atoms with E-state index in [1.807, 2.05) is 6.08 Å². The van der Waals surface area contributed by atoms with Gasteiger partial charge >= 0.3 is 0 Å². The van der Waals surface area contributed by atoms with Crippen LogP contribution in [0.15, 0.2) is 122 Å². The fraction of sp³-hybridized carbons (Fsp3) is 0.687. The number of ether oxygens (including phenoxy) is 2. The Bertz CT molecular complexity index is 1610. The number of amides is 1. The maximum Gasteiger partial charge on any atom is 0.220 e. The van der Waals surface area contributed by atoms with Crippen LogP contribution >= 0.6 is 0 Å². The van der Waals surface area contributed by atoms with Crippen molar-refractivity contribution in [1.29, 1.82) is 0 Å². The minimum Gasteiger partial charge on any atom is -0.394 e. The van der Waals surface area contributed by atoms with Crippen LogP contribution in [0, 0.1) is 0 Å². The van der Waals surface area contributed by atoms with E-state index in [0.717, 1.165) is 116 Å². The van der Waals surface area contributed by atoms with E-state index in [4.69, 9.17) is 9.47 Å². The molecule has 1 saturated heterocycles. The van der Waals surface area contributed by atoms with Gasteiger partial charge in [0.1, 0.15) is 24.4 Å². The number of unbranched alkanes of at least 4 members (excludes halogenated alkanes) is 23. The fourth-order valence-corrected chi connectivity index (χ4v) is 8.95. The van der Waals surface area contributed by atoms with Gasteiger partial charge in [0.2, 0.25) is 5.91 Å². The molecule has 0 aromatic carbocycles. The maximum atomic E-state index is 13.1. The fourth-order valence-electron chi connectivity index (χ4n) is 8.95. The molecule has 6 N–H and O–H groups in total. The van der Waals surface area contributed by atoms with Crippen molar-refractivity contribution in [2.24, 2.45) is 0 Å². The van der Waals surface area contributed by atoms with Crippen molar-refractivity contribution in [3.8, 4) is 0 Å². The van der Waals surface area contributed by atoms with E-state index in [-0.39, 0.29) is 12.5 Å². The van der Waals surface area contributed by atoms with Gasteiger partial charge in [0, 0.05) is 6.42 Å². The summed E-state index contributed by atoms with van der Waals surface area (Å²) in [7, 11) is 0. The Morgan fingerprint density at radius 1 is 0.461 bits per heavy atom. The normalized spacial score (nSPS) is 19.7. The van der Waals surface area contributed by atoms with Crippen molar-refractivity contribution in [3.63, 3.8) is 0 Å². The summed E-state index contributed by atoms with van der Waals surface area (Å²) in [5.41, 5.74) is 0. The summed E-state index contributed by atoms with van der Waals surface area (Å²) in [4.78, 5) is 13.1. The summed E-state index contributed by atoms with van der Waals surface area (Å²) in [6.45, 7) is 3.65. The third kappa shape index (κ3) is 43.6. The molecule has 76 heavy (non-hydrogen) atoms. The van der Waals surface area contributed by atoms with E-state index < -0.39 is 49.5 Å². The first kappa shape index (κ1) is 70.6. The molecule has 1 amide bonds. The Morgan fingerprint density at radius 3 is 1.26 bits per heavy atom. The summed E-state index contributed by atoms with van der Waals surface area (Å²) in [6, 6.07) is -0.840. The number of aliphatic hydroxyl groups excluding tert-OH is 5. The molecule has 9 heteroatoms. The molecule has 434 valence electrons. The lowest BCUT2D eigenvalue weighted by Crippen LogP contribution is -2.60. The van der Waals surface area contributed by atoms with E-state index >= 15 is 0 Å². The van der Waals surface area contributed by atoms with Crippen molar-refractivity contribution < 1.29 is 39.8 Å². The van der Waals surface area contributed by atoms with Crippen LogP contribution in [-0.4, -0.2) is 87.5 Å². The van der Waals surface area contributed by atoms with Gasteiger partial charge in [-0.1, -0.05) is 257 Å². The molecule has 1 heterocycles. The summed E-state index contributed by atoms with van der Waals surface area (Å²) in [6.07, 6.45) is 75.5. The second-order valence-electron chi connectivity index (χ2n) is 20.8. The number of nitrogens with one attached hydrogen (secondary N) is 1. The Labute approximate surface area is 465 Å². The van der Waals surface area contributed by atoms with Gasteiger partial charge in [-0.15, -0.1) is 0 Å². The maximum absolute atomic E-state index is 13.1. The highest BCUT2D eigenvalue weighted by Gasteiger charge is 2.44. The molecule has 0 aromatic heterocycles. The zero-order chi connectivity index (χ0) is 55.0. The standard InChI is InChI=1S/C67H113NO8/c1-3-5-7-9-11-13-15-17-19-21-23-25-27-28-29-30-31-32-33-34-35-37-39-41-43-45-47-49-51-53-55-57-63(71)68-60(59-75-67-66(74)65(73)64(72)62(58-69)76-67)61(70)56-54-52-50-48-46-44-42-40-38-36-26-24-22-20-18-16-14-12-10-8-6-4-2/h5,7,11,13,17,19,23,25,28-29,31-32,34-35,39,41,46,48,54,56,60-62,64-67,69-70,72-74H,3-4,6,8-10,12,14-16,18,20-22,24,26-27,30,33,36-38,40,42-45,47,49-53,55,57-59H2,1-2H3,(H,68,71)/b7-5-,13-11-,19-17-,25-23-,29-28-,32-31-,35-34-,41-39-,48-46+,56-54+. The first-order chi connectivity index (χ1) is 37.3. The lowest BCUT2D eigenvalue weighted by Gasteiger charge is -2.40. The average Bonchev–Trinajstić information content (AvgIpc) is 3.42. The average molecular weight is 1060 g/mol. The molecule has 0 radical (unpaired) electrons. The molecule has 1 fully saturated rings. The lowest BCUT2D eigenvalue weighted by molar-refractivity contribution is -0.302. The van der Waals surface area contributed by atoms with Crippen LogP contribution in [0.1, 0.15) is 239 Å². The van der Waals surface area contributed by atoms with Crippen molar-refractivity contribution in [2.75, 3.05) is 13.2 Å². The molecule has 1 aliphatic heterocycles. The molecule has 7 atom stereocenters. The van der Waals surface area contributed by atoms with Crippen LogP contribution < -0.4 is 5.32 Å². The summed E-state index contributed by atoms with van der Waals surface area (Å²) in [5.74, 6) is -0.205. The molecule has 0 bridgehead atoms. The molecule has 0 aromatic rings. The molecule has 0 saturated carbocycles. The van der Waals surface area contributed by atoms with Crippen LogP contribution in [0.3, 0.4) is 0 Å². The van der Waals surface area contributed by atoms with Gasteiger partial charge in [-0.2, -0.15) is 0 Å². The third-order valence-corrected chi connectivity index (χ3v) is 13.8. The molecule has 0 spiro atoms. The zero-order valence-electron chi connectivity index (χ0n) is 48.2. The smallest absolute Gasteiger partial charge is 0.220 e. The monoisotopic (exact) mass is 1060 g/mol. The van der Waals surface area contributed by atoms with Gasteiger partial charge in [0.25, 0.3) is 0 Å². The van der Waals surface area contributed by atoms with E-state index in [1.54, 1.807) is 6.08 Å². The Balaban J connectivity index is 2.26. The predicted octanol–water partition coefficient (Wildman–Crippen LogP) is 15.9. The van der Waals surface area contributed by atoms with Crippen molar-refractivity contribution in [3.05, 3.63) is 122 Å². The molecule has 0 aliphatic carbocycles. The van der Waals surface area contributed by atoms with Crippen LogP contribution in [0.5, 0.6) is 0 Å². The van der Waals surface area contributed by atoms with Crippen LogP contribution in [0.25, 0.3) is 0 Å². The quantitative estimate of drug-likeness (QED) is 0.0261. The molecule has 9 nitrogen and oxygen atoms in total. The number of carbonyl (C=O) groups excluding carboxylic acids is 1. The summed E-state index contributed by atoms with van der Waals surface area (Å²) < 4.78 is 11.3. The molecule has 1 rings (SSSR count). The van der Waals surface area contributed by atoms with Gasteiger partial charge < -0.3 is 40.3 Å². The number of carbonyl (C=O) groups is 1. The van der Waals surface area contributed by atoms with E-state index in [9.17, 15) is 30.3 Å². The van der Waals surface area contributed by atoms with Crippen molar-refractivity contribution in [2.45, 2.75) is 281 Å². The first-order valence-corrected chi connectivity index (χ1v) is 30.8. The number of aliphatic hydroxyl groups is 5. The Morgan fingerprint density at radius 2 is 0.829 bits per heavy atom. The summed E-state index contributed by atoms with van der Waals surface area (Å²) in [5, 5.41) is 54.6. The molecular weight excluding hydrogens is 947 g/mol. The largest absolute Gasteiger partial charge is 0.394 e. The highest BCUT2D eigenvalue weighted by atomic mass is 16.7. The Hall–Kier alpha value is -3.41. The van der Waals surface area contributed by atoms with Gasteiger partial charge in [-0.05, 0) is 96.3 Å². The zero-order valence-corrected chi connectivity index (χ0v) is 48.2. The lowest BCUT2D eigenvalue weighted by atomic mass is 9.99. The first-order valence-electron chi connectivity index (χ1n) is 30.8. The van der Waals surface area contributed by atoms with E-state index in [2.05, 4.69) is 129 Å². The van der Waals surface area contributed by atoms with Gasteiger partial charge in [0.15, 0.2) is 6.29 Å². The second-order valence-corrected chi connectivity index (χ2v) is 20.8. The Kier molecular flexibility index (Phi) is 51.0. The highest BCUT2D eigenvalue weighted by molar-refractivity contribution is 5.76. The molecule has 7 unspecified atom stereocenters. The molecular formula is C67H113NO8. The second kappa shape index (κ2) is 54.9. The van der Waals surface area contributed by atoms with Crippen molar-refractivity contribution >= 4 is 5.91 Å².